The number of hydrogen-bond donors (Lipinski definition) is 3. The van der Waals surface area contributed by atoms with Crippen molar-refractivity contribution in [1.82, 2.24) is 10.6 Å². The predicted molar refractivity (Wildman–Crippen MR) is 104 cm³/mol. The van der Waals surface area contributed by atoms with E-state index in [2.05, 4.69) is 10.6 Å². The molecule has 0 spiro atoms. The molecule has 0 aliphatic rings. The summed E-state index contributed by atoms with van der Waals surface area (Å²) < 4.78 is 13.9. The maximum absolute atomic E-state index is 13.9. The maximum atomic E-state index is 13.9. The van der Waals surface area contributed by atoms with Crippen LogP contribution in [0.2, 0.25) is 5.02 Å². The van der Waals surface area contributed by atoms with Gasteiger partial charge in [-0.3, -0.25) is 14.4 Å². The summed E-state index contributed by atoms with van der Waals surface area (Å²) in [6.45, 7) is 1.25. The Kier molecular flexibility index (Phi) is 7.52. The van der Waals surface area contributed by atoms with E-state index in [0.29, 0.717) is 10.6 Å². The Morgan fingerprint density at radius 2 is 1.54 bits per heavy atom. The molecule has 4 N–H and O–H groups in total. The summed E-state index contributed by atoms with van der Waals surface area (Å²) in [6.07, 6.45) is 0.0168. The minimum Gasteiger partial charge on any atom is -0.368 e. The van der Waals surface area contributed by atoms with E-state index in [0.717, 1.165) is 0 Å². The van der Waals surface area contributed by atoms with Gasteiger partial charge in [0.25, 0.3) is 0 Å². The molecular weight excluding hydrogens is 385 g/mol. The Bertz CT molecular complexity index is 875. The van der Waals surface area contributed by atoms with Crippen molar-refractivity contribution in [3.05, 3.63) is 70.5 Å². The van der Waals surface area contributed by atoms with Crippen molar-refractivity contribution in [2.75, 3.05) is 0 Å². The Morgan fingerprint density at radius 3 is 2.11 bits per heavy atom. The van der Waals surface area contributed by atoms with Gasteiger partial charge in [0, 0.05) is 24.8 Å². The first-order chi connectivity index (χ1) is 13.3. The highest BCUT2D eigenvalue weighted by Gasteiger charge is 2.26. The average Bonchev–Trinajstić information content (AvgIpc) is 2.63. The van der Waals surface area contributed by atoms with E-state index in [1.807, 2.05) is 0 Å². The summed E-state index contributed by atoms with van der Waals surface area (Å²) in [5.41, 5.74) is 6.32. The molecule has 0 bridgehead atoms. The van der Waals surface area contributed by atoms with Crippen molar-refractivity contribution in [2.24, 2.45) is 5.73 Å². The van der Waals surface area contributed by atoms with Gasteiger partial charge in [0.2, 0.25) is 17.7 Å². The molecule has 2 rings (SSSR count). The monoisotopic (exact) mass is 405 g/mol. The van der Waals surface area contributed by atoms with E-state index in [1.54, 1.807) is 30.3 Å². The second kappa shape index (κ2) is 9.85. The van der Waals surface area contributed by atoms with Gasteiger partial charge in [-0.05, 0) is 23.3 Å². The molecule has 3 amide bonds. The van der Waals surface area contributed by atoms with Gasteiger partial charge >= 0.3 is 0 Å². The minimum atomic E-state index is -1.07. The third-order valence-electron chi connectivity index (χ3n) is 4.12. The van der Waals surface area contributed by atoms with Crippen molar-refractivity contribution >= 4 is 29.3 Å². The van der Waals surface area contributed by atoms with Gasteiger partial charge in [-0.25, -0.2) is 4.39 Å². The first-order valence-corrected chi connectivity index (χ1v) is 8.99. The topological polar surface area (TPSA) is 101 Å². The molecule has 2 atom stereocenters. The molecule has 0 heterocycles. The van der Waals surface area contributed by atoms with Gasteiger partial charge in [-0.1, -0.05) is 48.0 Å². The lowest BCUT2D eigenvalue weighted by atomic mass is 10.0. The van der Waals surface area contributed by atoms with Gasteiger partial charge in [0.1, 0.15) is 17.9 Å². The summed E-state index contributed by atoms with van der Waals surface area (Å²) in [5, 5.41) is 5.44. The first kappa shape index (κ1) is 21.4. The van der Waals surface area contributed by atoms with E-state index in [4.69, 9.17) is 17.3 Å². The highest BCUT2D eigenvalue weighted by molar-refractivity contribution is 6.31. The van der Waals surface area contributed by atoms with Crippen molar-refractivity contribution in [1.29, 1.82) is 0 Å². The van der Waals surface area contributed by atoms with Crippen LogP contribution in [0.3, 0.4) is 0 Å². The summed E-state index contributed by atoms with van der Waals surface area (Å²) in [4.78, 5) is 36.0. The van der Waals surface area contributed by atoms with Crippen molar-refractivity contribution in [3.63, 3.8) is 0 Å². The zero-order valence-corrected chi connectivity index (χ0v) is 16.0. The van der Waals surface area contributed by atoms with Gasteiger partial charge in [-0.15, -0.1) is 0 Å². The number of benzene rings is 2. The summed E-state index contributed by atoms with van der Waals surface area (Å²) in [5.74, 6) is -2.35. The highest BCUT2D eigenvalue weighted by atomic mass is 35.5. The van der Waals surface area contributed by atoms with Gasteiger partial charge < -0.3 is 16.4 Å². The summed E-state index contributed by atoms with van der Waals surface area (Å²) in [6, 6.07) is 10.7. The maximum Gasteiger partial charge on any atom is 0.243 e. The smallest absolute Gasteiger partial charge is 0.243 e. The van der Waals surface area contributed by atoms with Crippen LogP contribution in [-0.2, 0) is 27.2 Å². The summed E-state index contributed by atoms with van der Waals surface area (Å²) in [7, 11) is 0. The van der Waals surface area contributed by atoms with E-state index < -0.39 is 35.6 Å². The molecule has 0 radical (unpaired) electrons. The fraction of sp³-hybridized carbons (Fsp3) is 0.250. The number of hydrogen-bond acceptors (Lipinski definition) is 3. The van der Waals surface area contributed by atoms with E-state index in [1.165, 1.54) is 25.1 Å². The molecule has 0 aliphatic carbocycles. The van der Waals surface area contributed by atoms with E-state index >= 15 is 0 Å². The minimum absolute atomic E-state index is 0.0737. The Labute approximate surface area is 167 Å². The fourth-order valence-corrected chi connectivity index (χ4v) is 2.93. The lowest BCUT2D eigenvalue weighted by Gasteiger charge is -2.22. The lowest BCUT2D eigenvalue weighted by molar-refractivity contribution is -0.130. The van der Waals surface area contributed by atoms with Gasteiger partial charge in [0.15, 0.2) is 0 Å². The largest absolute Gasteiger partial charge is 0.368 e. The van der Waals surface area contributed by atoms with Crippen LogP contribution in [0.25, 0.3) is 0 Å². The van der Waals surface area contributed by atoms with E-state index in [-0.39, 0.29) is 18.4 Å². The third-order valence-corrected chi connectivity index (χ3v) is 4.49. The van der Waals surface area contributed by atoms with Crippen molar-refractivity contribution in [3.8, 4) is 0 Å². The molecule has 2 aromatic rings. The second-order valence-electron chi connectivity index (χ2n) is 6.31. The van der Waals surface area contributed by atoms with Crippen LogP contribution in [0.1, 0.15) is 18.1 Å². The quantitative estimate of drug-likeness (QED) is 0.623. The molecule has 0 saturated carbocycles. The number of amides is 3. The average molecular weight is 406 g/mol. The molecule has 2 aromatic carbocycles. The molecule has 0 aliphatic heterocycles. The number of nitrogens with two attached hydrogens (primary N) is 1. The van der Waals surface area contributed by atoms with Crippen LogP contribution in [0.4, 0.5) is 4.39 Å². The molecule has 0 saturated heterocycles. The fourth-order valence-electron chi connectivity index (χ4n) is 2.72. The second-order valence-corrected chi connectivity index (χ2v) is 6.71. The van der Waals surface area contributed by atoms with Crippen LogP contribution < -0.4 is 16.4 Å². The van der Waals surface area contributed by atoms with E-state index in [9.17, 15) is 18.8 Å². The standard InChI is InChI=1S/C20H21ClFN3O3/c1-12(26)24-18(11-14-7-3-5-9-16(14)22)20(28)25-17(19(23)27)10-13-6-2-4-8-15(13)21/h2-9,17-18H,10-11H2,1H3,(H2,23,27)(H,24,26)(H,25,28)/t17-,18-/m0/s1. The number of carbonyl (C=O) groups is 3. The van der Waals surface area contributed by atoms with Crippen LogP contribution in [0, 0.1) is 5.82 Å². The molecule has 148 valence electrons. The normalized spacial score (nSPS) is 12.7. The Morgan fingerprint density at radius 1 is 0.964 bits per heavy atom. The molecular formula is C20H21ClFN3O3. The number of primary amides is 1. The van der Waals surface area contributed by atoms with Crippen LogP contribution in [0.15, 0.2) is 48.5 Å². The molecule has 6 nitrogen and oxygen atoms in total. The van der Waals surface area contributed by atoms with Crippen molar-refractivity contribution in [2.45, 2.75) is 31.8 Å². The zero-order valence-electron chi connectivity index (χ0n) is 15.2. The molecule has 28 heavy (non-hydrogen) atoms. The Balaban J connectivity index is 2.17. The van der Waals surface area contributed by atoms with Crippen LogP contribution >= 0.6 is 11.6 Å². The molecule has 0 aromatic heterocycles. The zero-order chi connectivity index (χ0) is 20.7. The first-order valence-electron chi connectivity index (χ1n) is 8.61. The number of rotatable bonds is 8. The summed E-state index contributed by atoms with van der Waals surface area (Å²) >= 11 is 6.10. The van der Waals surface area contributed by atoms with Gasteiger partial charge in [0.05, 0.1) is 0 Å². The third kappa shape index (κ3) is 6.06. The van der Waals surface area contributed by atoms with Crippen molar-refractivity contribution < 1.29 is 18.8 Å². The van der Waals surface area contributed by atoms with Gasteiger partial charge in [-0.2, -0.15) is 0 Å². The highest BCUT2D eigenvalue weighted by Crippen LogP contribution is 2.17. The Hall–Kier alpha value is -2.93. The lowest BCUT2D eigenvalue weighted by Crippen LogP contribution is -2.54. The SMILES string of the molecule is CC(=O)N[C@@H](Cc1ccccc1F)C(=O)N[C@@H](Cc1ccccc1Cl)C(N)=O. The van der Waals surface area contributed by atoms with Crippen LogP contribution in [0.5, 0.6) is 0 Å². The molecule has 8 heteroatoms. The number of carbonyl (C=O) groups excluding carboxylic acids is 3. The molecule has 0 unspecified atom stereocenters. The molecule has 0 fully saturated rings. The van der Waals surface area contributed by atoms with Crippen LogP contribution in [-0.4, -0.2) is 29.8 Å². The predicted octanol–water partition coefficient (Wildman–Crippen LogP) is 1.74. The number of halogens is 2. The number of nitrogens with one attached hydrogen (secondary N) is 2.